The van der Waals surface area contributed by atoms with Gasteiger partial charge < -0.3 is 16.0 Å². The minimum Gasteiger partial charge on any atom is -0.376 e. The second-order valence-electron chi connectivity index (χ2n) is 6.26. The molecule has 2 rings (SSSR count). The molecule has 0 aliphatic heterocycles. The van der Waals surface area contributed by atoms with Gasteiger partial charge in [0.1, 0.15) is 0 Å². The van der Waals surface area contributed by atoms with Crippen molar-refractivity contribution in [3.8, 4) is 0 Å². The highest BCUT2D eigenvalue weighted by Gasteiger charge is 2.11. The van der Waals surface area contributed by atoms with Gasteiger partial charge in [-0.2, -0.15) is 0 Å². The zero-order chi connectivity index (χ0) is 20.0. The second-order valence-corrected chi connectivity index (χ2v) is 6.26. The Hall–Kier alpha value is -3.35. The van der Waals surface area contributed by atoms with Gasteiger partial charge in [-0.05, 0) is 55.7 Å². The maximum atomic E-state index is 12.0. The SMILES string of the molecule is CC(=O)Nc1cccc(NCC(=O)NC(=O)Nc2cccc(C)c2C)c1C. The van der Waals surface area contributed by atoms with E-state index in [9.17, 15) is 14.4 Å². The smallest absolute Gasteiger partial charge is 0.325 e. The average molecular weight is 368 g/mol. The van der Waals surface area contributed by atoms with Crippen LogP contribution in [0.3, 0.4) is 0 Å². The number of carbonyl (C=O) groups is 3. The van der Waals surface area contributed by atoms with Gasteiger partial charge in [-0.1, -0.05) is 18.2 Å². The Bertz CT molecular complexity index is 878. The Labute approximate surface area is 158 Å². The third-order valence-electron chi connectivity index (χ3n) is 4.19. The van der Waals surface area contributed by atoms with Gasteiger partial charge in [-0.25, -0.2) is 4.79 Å². The highest BCUT2D eigenvalue weighted by atomic mass is 16.2. The molecule has 0 saturated heterocycles. The number of anilines is 3. The molecule has 0 unspecified atom stereocenters. The monoisotopic (exact) mass is 368 g/mol. The number of rotatable bonds is 5. The van der Waals surface area contributed by atoms with E-state index in [1.807, 2.05) is 32.9 Å². The Kier molecular flexibility index (Phi) is 6.54. The average Bonchev–Trinajstić information content (AvgIpc) is 2.59. The number of nitrogens with one attached hydrogen (secondary N) is 4. The molecule has 4 N–H and O–H groups in total. The lowest BCUT2D eigenvalue weighted by molar-refractivity contribution is -0.118. The molecule has 2 aromatic carbocycles. The van der Waals surface area contributed by atoms with Crippen LogP contribution in [0.1, 0.15) is 23.6 Å². The van der Waals surface area contributed by atoms with Crippen LogP contribution in [-0.2, 0) is 9.59 Å². The molecule has 2 aromatic rings. The van der Waals surface area contributed by atoms with Crippen molar-refractivity contribution in [2.75, 3.05) is 22.5 Å². The molecule has 0 atom stereocenters. The molecule has 0 aromatic heterocycles. The molecule has 27 heavy (non-hydrogen) atoms. The fourth-order valence-electron chi connectivity index (χ4n) is 2.54. The minimum absolute atomic E-state index is 0.0788. The summed E-state index contributed by atoms with van der Waals surface area (Å²) in [5.41, 5.74) is 4.83. The van der Waals surface area contributed by atoms with E-state index in [1.54, 1.807) is 24.3 Å². The minimum atomic E-state index is -0.584. The van der Waals surface area contributed by atoms with Crippen LogP contribution >= 0.6 is 0 Å². The molecule has 0 saturated carbocycles. The van der Waals surface area contributed by atoms with Crippen LogP contribution in [0.4, 0.5) is 21.9 Å². The topological polar surface area (TPSA) is 99.3 Å². The number of urea groups is 1. The first-order valence-corrected chi connectivity index (χ1v) is 8.56. The van der Waals surface area contributed by atoms with Crippen molar-refractivity contribution in [2.45, 2.75) is 27.7 Å². The maximum absolute atomic E-state index is 12.0. The molecule has 7 nitrogen and oxygen atoms in total. The fraction of sp³-hybridized carbons (Fsp3) is 0.250. The summed E-state index contributed by atoms with van der Waals surface area (Å²) in [5.74, 6) is -0.641. The normalized spacial score (nSPS) is 10.1. The van der Waals surface area contributed by atoms with Gasteiger partial charge >= 0.3 is 6.03 Å². The lowest BCUT2D eigenvalue weighted by Gasteiger charge is -2.14. The molecular weight excluding hydrogens is 344 g/mol. The zero-order valence-corrected chi connectivity index (χ0v) is 15.9. The summed E-state index contributed by atoms with van der Waals surface area (Å²) in [6.45, 7) is 7.04. The van der Waals surface area contributed by atoms with E-state index in [-0.39, 0.29) is 12.5 Å². The molecule has 0 fully saturated rings. The van der Waals surface area contributed by atoms with Crippen molar-refractivity contribution in [3.63, 3.8) is 0 Å². The summed E-state index contributed by atoms with van der Waals surface area (Å²) < 4.78 is 0. The number of benzene rings is 2. The van der Waals surface area contributed by atoms with E-state index in [1.165, 1.54) is 6.92 Å². The van der Waals surface area contributed by atoms with Crippen molar-refractivity contribution < 1.29 is 14.4 Å². The Balaban J connectivity index is 1.92. The standard InChI is InChI=1S/C20H24N4O3/c1-12-7-5-9-17(13(12)2)23-20(27)24-19(26)11-21-16-8-6-10-18(14(16)3)22-15(4)25/h5-10,21H,11H2,1-4H3,(H,22,25)(H2,23,24,26,27). The summed E-state index contributed by atoms with van der Waals surface area (Å²) in [6, 6.07) is 10.3. The highest BCUT2D eigenvalue weighted by molar-refractivity contribution is 6.02. The molecule has 0 aliphatic rings. The van der Waals surface area contributed by atoms with E-state index in [0.717, 1.165) is 16.7 Å². The number of hydrogen-bond donors (Lipinski definition) is 4. The van der Waals surface area contributed by atoms with Gasteiger partial charge in [0.05, 0.1) is 6.54 Å². The van der Waals surface area contributed by atoms with Crippen LogP contribution < -0.4 is 21.3 Å². The van der Waals surface area contributed by atoms with Gasteiger partial charge in [-0.3, -0.25) is 14.9 Å². The quantitative estimate of drug-likeness (QED) is 0.650. The molecule has 4 amide bonds. The third-order valence-corrected chi connectivity index (χ3v) is 4.19. The highest BCUT2D eigenvalue weighted by Crippen LogP contribution is 2.23. The predicted molar refractivity (Wildman–Crippen MR) is 107 cm³/mol. The van der Waals surface area contributed by atoms with Gasteiger partial charge in [-0.15, -0.1) is 0 Å². The number of imide groups is 1. The Morgan fingerprint density at radius 2 is 1.41 bits per heavy atom. The van der Waals surface area contributed by atoms with Crippen LogP contribution in [0.15, 0.2) is 36.4 Å². The first-order chi connectivity index (χ1) is 12.8. The van der Waals surface area contributed by atoms with Crippen LogP contribution in [-0.4, -0.2) is 24.4 Å². The second kappa shape index (κ2) is 8.84. The molecule has 0 heterocycles. The molecule has 0 aliphatic carbocycles. The van der Waals surface area contributed by atoms with Crippen molar-refractivity contribution in [1.82, 2.24) is 5.32 Å². The maximum Gasteiger partial charge on any atom is 0.325 e. The Morgan fingerprint density at radius 3 is 2.07 bits per heavy atom. The molecule has 7 heteroatoms. The third kappa shape index (κ3) is 5.57. The van der Waals surface area contributed by atoms with Gasteiger partial charge in [0, 0.05) is 24.0 Å². The van der Waals surface area contributed by atoms with Gasteiger partial charge in [0.25, 0.3) is 0 Å². The largest absolute Gasteiger partial charge is 0.376 e. The van der Waals surface area contributed by atoms with Crippen molar-refractivity contribution in [1.29, 1.82) is 0 Å². The van der Waals surface area contributed by atoms with Crippen molar-refractivity contribution >= 4 is 34.9 Å². The summed E-state index contributed by atoms with van der Waals surface area (Å²) in [5, 5.41) is 10.7. The van der Waals surface area contributed by atoms with E-state index in [0.29, 0.717) is 17.1 Å². The van der Waals surface area contributed by atoms with Crippen LogP contribution in [0, 0.1) is 20.8 Å². The zero-order valence-electron chi connectivity index (χ0n) is 15.9. The predicted octanol–water partition coefficient (Wildman–Crippen LogP) is 3.33. The lowest BCUT2D eigenvalue weighted by atomic mass is 10.1. The number of carbonyl (C=O) groups excluding carboxylic acids is 3. The van der Waals surface area contributed by atoms with Crippen LogP contribution in [0.2, 0.25) is 0 Å². The van der Waals surface area contributed by atoms with Crippen molar-refractivity contribution in [2.24, 2.45) is 0 Å². The molecule has 0 bridgehead atoms. The molecule has 142 valence electrons. The molecule has 0 radical (unpaired) electrons. The number of hydrogen-bond acceptors (Lipinski definition) is 4. The lowest BCUT2D eigenvalue weighted by Crippen LogP contribution is -2.38. The number of aryl methyl sites for hydroxylation is 1. The first kappa shape index (κ1) is 20.0. The Morgan fingerprint density at radius 1 is 0.815 bits per heavy atom. The van der Waals surface area contributed by atoms with Crippen molar-refractivity contribution in [3.05, 3.63) is 53.1 Å². The summed E-state index contributed by atoms with van der Waals surface area (Å²) in [7, 11) is 0. The van der Waals surface area contributed by atoms with Gasteiger partial charge in [0.2, 0.25) is 11.8 Å². The van der Waals surface area contributed by atoms with E-state index in [2.05, 4.69) is 21.3 Å². The summed E-state index contributed by atoms with van der Waals surface area (Å²) in [4.78, 5) is 35.3. The van der Waals surface area contributed by atoms with Gasteiger partial charge in [0.15, 0.2) is 0 Å². The first-order valence-electron chi connectivity index (χ1n) is 8.56. The van der Waals surface area contributed by atoms with Crippen LogP contribution in [0.25, 0.3) is 0 Å². The van der Waals surface area contributed by atoms with E-state index in [4.69, 9.17) is 0 Å². The number of amides is 4. The fourth-order valence-corrected chi connectivity index (χ4v) is 2.54. The van der Waals surface area contributed by atoms with E-state index < -0.39 is 11.9 Å². The van der Waals surface area contributed by atoms with E-state index >= 15 is 0 Å². The summed E-state index contributed by atoms with van der Waals surface area (Å²) in [6.07, 6.45) is 0. The van der Waals surface area contributed by atoms with Crippen LogP contribution in [0.5, 0.6) is 0 Å². The molecular formula is C20H24N4O3. The molecule has 0 spiro atoms. The summed E-state index contributed by atoms with van der Waals surface area (Å²) >= 11 is 0.